The van der Waals surface area contributed by atoms with E-state index in [1.165, 1.54) is 83.1 Å². The van der Waals surface area contributed by atoms with E-state index in [4.69, 9.17) is 61.6 Å². The topological polar surface area (TPSA) is 269 Å². The summed E-state index contributed by atoms with van der Waals surface area (Å²) in [5.74, 6) is 4.47. The van der Waals surface area contributed by atoms with Gasteiger partial charge >= 0.3 is 11.4 Å². The molecule has 10 rings (SSSR count). The van der Waals surface area contributed by atoms with Crippen molar-refractivity contribution in [1.82, 2.24) is 23.2 Å². The third-order valence-electron chi connectivity index (χ3n) is 15.2. The van der Waals surface area contributed by atoms with Gasteiger partial charge in [-0.3, -0.25) is 32.6 Å². The molecular formula is C66H85N7O19S2. The Labute approximate surface area is 547 Å². The highest BCUT2D eigenvalue weighted by molar-refractivity contribution is 7.93. The predicted octanol–water partition coefficient (Wildman–Crippen LogP) is 9.82. The first-order valence-electron chi connectivity index (χ1n) is 30.4. The van der Waals surface area contributed by atoms with Gasteiger partial charge in [-0.25, -0.2) is 26.4 Å². The van der Waals surface area contributed by atoms with Crippen molar-refractivity contribution in [2.24, 2.45) is 28.2 Å². The second-order valence-electron chi connectivity index (χ2n) is 21.7. The summed E-state index contributed by atoms with van der Waals surface area (Å²) < 4.78 is 140. The van der Waals surface area contributed by atoms with Crippen LogP contribution < -0.4 is 68.2 Å². The maximum Gasteiger partial charge on any atom is 0.328 e. The molecule has 94 heavy (non-hydrogen) atoms. The number of morpholine rings is 1. The summed E-state index contributed by atoms with van der Waals surface area (Å²) in [4.78, 5) is 27.8. The lowest BCUT2D eigenvalue weighted by Gasteiger charge is -2.26. The molecule has 0 amide bonds. The van der Waals surface area contributed by atoms with Gasteiger partial charge in [-0.15, -0.1) is 0 Å². The Morgan fingerprint density at radius 3 is 1.22 bits per heavy atom. The quantitative estimate of drug-likeness (QED) is 0.0396. The Bertz CT molecular complexity index is 4250. The minimum absolute atomic E-state index is 0. The molecule has 2 aromatic heterocycles. The van der Waals surface area contributed by atoms with E-state index < -0.39 is 20.0 Å². The number of nitrogens with zero attached hydrogens (tertiary/aromatic N) is 5. The van der Waals surface area contributed by atoms with Crippen molar-refractivity contribution in [2.75, 3.05) is 110 Å². The fourth-order valence-corrected chi connectivity index (χ4v) is 12.5. The fraction of sp³-hybridized carbons (Fsp3) is 0.424. The predicted molar refractivity (Wildman–Crippen MR) is 356 cm³/mol. The third kappa shape index (κ3) is 17.3. The van der Waals surface area contributed by atoms with Gasteiger partial charge in [-0.05, 0) is 62.1 Å². The van der Waals surface area contributed by atoms with Crippen molar-refractivity contribution >= 4 is 53.5 Å². The zero-order valence-electron chi connectivity index (χ0n) is 53.9. The molecule has 2 N–H and O–H groups in total. The molecule has 510 valence electrons. The number of nitrogens with one attached hydrogen (secondary N) is 2. The van der Waals surface area contributed by atoms with E-state index in [-0.39, 0.29) is 69.3 Å². The highest BCUT2D eigenvalue weighted by atomic mass is 32.2. The van der Waals surface area contributed by atoms with Crippen LogP contribution in [0.3, 0.4) is 0 Å². The van der Waals surface area contributed by atoms with Gasteiger partial charge in [0.1, 0.15) is 34.5 Å². The maximum atomic E-state index is 13.7. The molecule has 4 heterocycles. The Morgan fingerprint density at radius 1 is 0.457 bits per heavy atom. The number of anilines is 2. The minimum Gasteiger partial charge on any atom is -0.493 e. The van der Waals surface area contributed by atoms with Gasteiger partial charge in [0.15, 0.2) is 40.8 Å². The smallest absolute Gasteiger partial charge is 0.328 e. The Morgan fingerprint density at radius 2 is 0.830 bits per heavy atom. The van der Waals surface area contributed by atoms with E-state index in [1.54, 1.807) is 82.8 Å². The first-order valence-corrected chi connectivity index (χ1v) is 33.3. The average Bonchev–Trinajstić information content (AvgIpc) is 1.56. The normalized spacial score (nSPS) is 13.6. The second-order valence-corrected chi connectivity index (χ2v) is 25.1. The molecule has 0 spiro atoms. The molecule has 0 saturated carbocycles. The van der Waals surface area contributed by atoms with E-state index in [1.807, 2.05) is 19.9 Å². The zero-order valence-corrected chi connectivity index (χ0v) is 55.6. The number of hydrogen-bond acceptors (Lipinski definition) is 20. The molecule has 2 aliphatic heterocycles. The number of aromatic nitrogens is 4. The molecule has 2 fully saturated rings. The minimum atomic E-state index is -4.15. The van der Waals surface area contributed by atoms with E-state index in [0.29, 0.717) is 121 Å². The largest absolute Gasteiger partial charge is 0.493 e. The second kappa shape index (κ2) is 32.4. The van der Waals surface area contributed by atoms with Crippen molar-refractivity contribution in [3.8, 4) is 69.0 Å². The van der Waals surface area contributed by atoms with Crippen LogP contribution in [0.25, 0.3) is 22.1 Å². The Kier molecular flexibility index (Phi) is 24.5. The number of hydrogen-bond donors (Lipinski definition) is 2. The summed E-state index contributed by atoms with van der Waals surface area (Å²) >= 11 is 0. The van der Waals surface area contributed by atoms with E-state index in [2.05, 4.69) is 14.3 Å². The lowest BCUT2D eigenvalue weighted by atomic mass is 10.2. The number of ether oxygens (including phenoxy) is 13. The summed E-state index contributed by atoms with van der Waals surface area (Å²) in [6, 6.07) is 25.4. The summed E-state index contributed by atoms with van der Waals surface area (Å²) in [7, 11) is 4.00. The molecule has 26 nitrogen and oxygen atoms in total. The van der Waals surface area contributed by atoms with Gasteiger partial charge in [0.05, 0.1) is 125 Å². The molecule has 0 atom stereocenters. The van der Waals surface area contributed by atoms with E-state index in [9.17, 15) is 26.4 Å². The van der Waals surface area contributed by atoms with Crippen LogP contribution in [0.4, 0.5) is 11.4 Å². The van der Waals surface area contributed by atoms with E-state index in [0.717, 1.165) is 52.1 Å². The number of sulfonamides is 2. The van der Waals surface area contributed by atoms with Gasteiger partial charge in [-0.2, -0.15) is 0 Å². The van der Waals surface area contributed by atoms with Gasteiger partial charge in [0, 0.05) is 115 Å². The molecular weight excluding hydrogens is 1260 g/mol. The van der Waals surface area contributed by atoms with Crippen molar-refractivity contribution in [3.63, 3.8) is 0 Å². The van der Waals surface area contributed by atoms with Crippen LogP contribution in [0.2, 0.25) is 0 Å². The molecule has 8 aromatic rings. The van der Waals surface area contributed by atoms with E-state index >= 15 is 0 Å². The Balaban J connectivity index is 0.000000239. The highest BCUT2D eigenvalue weighted by Gasteiger charge is 2.26. The third-order valence-corrected chi connectivity index (χ3v) is 17.9. The standard InChI is InChI=1S/C33H42N4O9S.C32H39N3O10S.CH4/c1-6-13-44-23-17-24(45-14-7-10-37-11-15-43-16-12-37)19-25(18-23)46-31-22-29-28(35(2)33(38)36(29)3)21-27(31)34-47(39,40)26-8-9-30(41-4)32(20-26)42-5;1-6-11-41-21-15-22(42-12-7-8-31-43-13-14-44-31)17-23(16-21)45-29-20-27-26(34(2)32(36)35(27)3)19-25(29)33-46(37,38)24-9-10-28(39-4)30(18-24)40-5;/h8-9,17-22,34H,6-7,10-16H2,1-5H3;9-10,15-20,31,33H,6-8,11-14H2,1-5H3;1H4. The number of imidazole rings is 2. The summed E-state index contributed by atoms with van der Waals surface area (Å²) in [5.41, 5.74) is 1.81. The molecule has 0 bridgehead atoms. The number of fused-ring (bicyclic) bond motifs is 2. The monoisotopic (exact) mass is 1340 g/mol. The molecule has 6 aromatic carbocycles. The van der Waals surface area contributed by atoms with Crippen LogP contribution in [0.5, 0.6) is 69.0 Å². The SMILES string of the molecule is C.CCCOc1cc(OCCCC2OCCO2)cc(Oc2cc3c(cc2NS(=O)(=O)c2ccc(OC)c(OC)c2)n(C)c(=O)n3C)c1.CCCOc1cc(OCCCN2CCOCC2)cc(Oc2cc3c(cc2NS(=O)(=O)c2ccc(OC)c(OC)c2)n(C)c(=O)n3C)c1. The number of aryl methyl sites for hydroxylation is 4. The van der Waals surface area contributed by atoms with Crippen LogP contribution in [0, 0.1) is 0 Å². The van der Waals surface area contributed by atoms with Gasteiger partial charge in [0.2, 0.25) is 0 Å². The van der Waals surface area contributed by atoms with Crippen molar-refractivity contribution < 1.29 is 78.4 Å². The number of methoxy groups -OCH3 is 4. The summed E-state index contributed by atoms with van der Waals surface area (Å²) in [6.07, 6.45) is 3.63. The van der Waals surface area contributed by atoms with Crippen LogP contribution in [-0.4, -0.2) is 147 Å². The van der Waals surface area contributed by atoms with Crippen LogP contribution in [0.15, 0.2) is 116 Å². The summed E-state index contributed by atoms with van der Waals surface area (Å²) in [6.45, 7) is 11.3. The zero-order chi connectivity index (χ0) is 66.4. The van der Waals surface area contributed by atoms with Gasteiger partial charge < -0.3 is 61.6 Å². The maximum absolute atomic E-state index is 13.7. The van der Waals surface area contributed by atoms with Crippen LogP contribution in [-0.2, 0) is 62.4 Å². The first kappa shape index (κ1) is 71.1. The van der Waals surface area contributed by atoms with Crippen LogP contribution in [0.1, 0.15) is 53.4 Å². The first-order chi connectivity index (χ1) is 44.8. The molecule has 0 aliphatic carbocycles. The molecule has 0 unspecified atom stereocenters. The average molecular weight is 1340 g/mol. The van der Waals surface area contributed by atoms with Crippen molar-refractivity contribution in [3.05, 3.63) is 118 Å². The van der Waals surface area contributed by atoms with Crippen LogP contribution >= 0.6 is 0 Å². The highest BCUT2D eigenvalue weighted by Crippen LogP contribution is 2.41. The molecule has 28 heteroatoms. The molecule has 0 radical (unpaired) electrons. The van der Waals surface area contributed by atoms with Gasteiger partial charge in [-0.1, -0.05) is 21.3 Å². The van der Waals surface area contributed by atoms with Crippen molar-refractivity contribution in [2.45, 2.75) is 69.5 Å². The lowest BCUT2D eigenvalue weighted by Crippen LogP contribution is -2.37. The van der Waals surface area contributed by atoms with Crippen molar-refractivity contribution in [1.29, 1.82) is 0 Å². The fourth-order valence-electron chi connectivity index (χ4n) is 10.3. The Hall–Kier alpha value is -8.80. The molecule has 2 aliphatic rings. The molecule has 2 saturated heterocycles. The van der Waals surface area contributed by atoms with Gasteiger partial charge in [0.25, 0.3) is 20.0 Å². The number of rotatable bonds is 30. The lowest BCUT2D eigenvalue weighted by molar-refractivity contribution is -0.0493. The summed E-state index contributed by atoms with van der Waals surface area (Å²) in [5, 5.41) is 0. The number of benzene rings is 6.